The minimum atomic E-state index is -0.475. The van der Waals surface area contributed by atoms with Crippen LogP contribution in [0, 0.1) is 0 Å². The van der Waals surface area contributed by atoms with Crippen LogP contribution in [-0.4, -0.2) is 48.9 Å². The zero-order chi connectivity index (χ0) is 18.5. The van der Waals surface area contributed by atoms with Gasteiger partial charge in [0.2, 0.25) is 0 Å². The van der Waals surface area contributed by atoms with Gasteiger partial charge in [0.25, 0.3) is 0 Å². The fraction of sp³-hybridized carbons (Fsp3) is 0.478. The molecule has 0 amide bonds. The first kappa shape index (κ1) is 18.5. The Bertz CT molecular complexity index is 725. The summed E-state index contributed by atoms with van der Waals surface area (Å²) in [6.07, 6.45) is 3.08. The van der Waals surface area contributed by atoms with Crippen molar-refractivity contribution in [2.24, 2.45) is 0 Å². The van der Waals surface area contributed by atoms with Gasteiger partial charge >= 0.3 is 0 Å². The Kier molecular flexibility index (Phi) is 6.07. The fourth-order valence-corrected chi connectivity index (χ4v) is 4.23. The van der Waals surface area contributed by atoms with E-state index in [-0.39, 0.29) is 0 Å². The minimum Gasteiger partial charge on any atom is -0.491 e. The molecule has 0 saturated carbocycles. The topological polar surface area (TPSA) is 44.7 Å². The number of nitrogens with one attached hydrogen (secondary N) is 1. The number of hydrogen-bond acceptors (Lipinski definition) is 4. The molecule has 0 spiro atoms. The molecule has 2 unspecified atom stereocenters. The van der Waals surface area contributed by atoms with Gasteiger partial charge in [0.15, 0.2) is 0 Å². The molecule has 0 bridgehead atoms. The zero-order valence-corrected chi connectivity index (χ0v) is 15.9. The number of aliphatic hydroxyl groups excluding tert-OH is 1. The van der Waals surface area contributed by atoms with Gasteiger partial charge in [-0.1, -0.05) is 36.4 Å². The Labute approximate surface area is 162 Å². The van der Waals surface area contributed by atoms with Crippen molar-refractivity contribution in [1.82, 2.24) is 10.2 Å². The number of rotatable bonds is 6. The van der Waals surface area contributed by atoms with E-state index in [0.29, 0.717) is 19.1 Å². The summed E-state index contributed by atoms with van der Waals surface area (Å²) in [6.45, 7) is 5.11. The Morgan fingerprint density at radius 3 is 2.70 bits per heavy atom. The maximum Gasteiger partial charge on any atom is 0.119 e. The third kappa shape index (κ3) is 4.89. The van der Waals surface area contributed by atoms with Gasteiger partial charge in [-0.05, 0) is 60.5 Å². The summed E-state index contributed by atoms with van der Waals surface area (Å²) in [5.74, 6) is 1.45. The second-order valence-electron chi connectivity index (χ2n) is 7.83. The molecular formula is C23H30N2O2. The van der Waals surface area contributed by atoms with E-state index in [1.807, 2.05) is 12.1 Å². The summed E-state index contributed by atoms with van der Waals surface area (Å²) in [7, 11) is 0. The highest BCUT2D eigenvalue weighted by atomic mass is 16.5. The van der Waals surface area contributed by atoms with Crippen LogP contribution in [0.5, 0.6) is 5.75 Å². The molecule has 27 heavy (non-hydrogen) atoms. The SMILES string of the molecule is OC(COc1ccc(C2CCCNC2)cc1)CN1CCc2ccccc2C1. The molecule has 2 aliphatic heterocycles. The maximum absolute atomic E-state index is 10.4. The minimum absolute atomic E-state index is 0.336. The van der Waals surface area contributed by atoms with Crippen LogP contribution < -0.4 is 10.1 Å². The first-order chi connectivity index (χ1) is 13.3. The predicted octanol–water partition coefficient (Wildman–Crippen LogP) is 2.95. The molecule has 2 heterocycles. The zero-order valence-electron chi connectivity index (χ0n) is 15.9. The number of aliphatic hydroxyl groups is 1. The van der Waals surface area contributed by atoms with Crippen molar-refractivity contribution in [2.45, 2.75) is 37.8 Å². The third-order valence-corrected chi connectivity index (χ3v) is 5.77. The molecule has 1 fully saturated rings. The molecule has 2 aliphatic rings. The van der Waals surface area contributed by atoms with Crippen molar-refractivity contribution in [3.05, 3.63) is 65.2 Å². The lowest BCUT2D eigenvalue weighted by Crippen LogP contribution is -2.38. The van der Waals surface area contributed by atoms with E-state index in [0.717, 1.165) is 38.3 Å². The molecule has 2 aromatic rings. The van der Waals surface area contributed by atoms with Crippen LogP contribution in [0.3, 0.4) is 0 Å². The predicted molar refractivity (Wildman–Crippen MR) is 108 cm³/mol. The number of benzene rings is 2. The van der Waals surface area contributed by atoms with Gasteiger partial charge in [-0.3, -0.25) is 4.90 Å². The van der Waals surface area contributed by atoms with E-state index in [9.17, 15) is 5.11 Å². The first-order valence-electron chi connectivity index (χ1n) is 10.2. The molecule has 4 rings (SSSR count). The van der Waals surface area contributed by atoms with Crippen LogP contribution in [-0.2, 0) is 13.0 Å². The second kappa shape index (κ2) is 8.87. The molecule has 0 radical (unpaired) electrons. The Balaban J connectivity index is 1.24. The van der Waals surface area contributed by atoms with Crippen molar-refractivity contribution in [3.63, 3.8) is 0 Å². The van der Waals surface area contributed by atoms with E-state index >= 15 is 0 Å². The lowest BCUT2D eigenvalue weighted by atomic mass is 9.92. The average molecular weight is 367 g/mol. The van der Waals surface area contributed by atoms with E-state index < -0.39 is 6.10 Å². The summed E-state index contributed by atoms with van der Waals surface area (Å²) in [6, 6.07) is 17.0. The van der Waals surface area contributed by atoms with Gasteiger partial charge < -0.3 is 15.2 Å². The Hall–Kier alpha value is -1.88. The highest BCUT2D eigenvalue weighted by molar-refractivity contribution is 5.30. The smallest absolute Gasteiger partial charge is 0.119 e. The first-order valence-corrected chi connectivity index (χ1v) is 10.2. The molecule has 0 aromatic heterocycles. The van der Waals surface area contributed by atoms with Crippen molar-refractivity contribution in [2.75, 3.05) is 32.8 Å². The van der Waals surface area contributed by atoms with Gasteiger partial charge in [-0.2, -0.15) is 0 Å². The van der Waals surface area contributed by atoms with Crippen LogP contribution in [0.4, 0.5) is 0 Å². The highest BCUT2D eigenvalue weighted by Gasteiger charge is 2.19. The summed E-state index contributed by atoms with van der Waals surface area (Å²) >= 11 is 0. The standard InChI is InChI=1S/C23H30N2O2/c26-22(16-25-13-11-18-4-1-2-5-21(18)15-25)17-27-23-9-7-19(8-10-23)20-6-3-12-24-14-20/h1-2,4-5,7-10,20,22,24,26H,3,6,11-17H2. The summed E-state index contributed by atoms with van der Waals surface area (Å²) in [5, 5.41) is 13.9. The van der Waals surface area contributed by atoms with E-state index in [1.54, 1.807) is 0 Å². The number of nitrogens with zero attached hydrogens (tertiary/aromatic N) is 1. The third-order valence-electron chi connectivity index (χ3n) is 5.77. The van der Waals surface area contributed by atoms with Gasteiger partial charge in [0.1, 0.15) is 18.5 Å². The maximum atomic E-state index is 10.4. The van der Waals surface area contributed by atoms with Crippen molar-refractivity contribution < 1.29 is 9.84 Å². The van der Waals surface area contributed by atoms with Gasteiger partial charge in [0, 0.05) is 26.2 Å². The van der Waals surface area contributed by atoms with Crippen molar-refractivity contribution >= 4 is 0 Å². The van der Waals surface area contributed by atoms with Crippen LogP contribution in [0.1, 0.15) is 35.4 Å². The number of hydrogen-bond donors (Lipinski definition) is 2. The molecular weight excluding hydrogens is 336 g/mol. The lowest BCUT2D eigenvalue weighted by Gasteiger charge is -2.30. The van der Waals surface area contributed by atoms with Gasteiger partial charge in [-0.15, -0.1) is 0 Å². The molecule has 4 heteroatoms. The number of piperidine rings is 1. The average Bonchev–Trinajstić information content (AvgIpc) is 2.73. The van der Waals surface area contributed by atoms with Crippen LogP contribution in [0.2, 0.25) is 0 Å². The number of ether oxygens (including phenoxy) is 1. The monoisotopic (exact) mass is 366 g/mol. The van der Waals surface area contributed by atoms with Gasteiger partial charge in [0.05, 0.1) is 0 Å². The van der Waals surface area contributed by atoms with Gasteiger partial charge in [-0.25, -0.2) is 0 Å². The number of β-amino-alcohol motifs (C(OH)–C–C–N with tert-alkyl or cyclic N) is 1. The largest absolute Gasteiger partial charge is 0.491 e. The highest BCUT2D eigenvalue weighted by Crippen LogP contribution is 2.25. The molecule has 2 N–H and O–H groups in total. The molecule has 2 aromatic carbocycles. The molecule has 0 aliphatic carbocycles. The Morgan fingerprint density at radius 2 is 1.93 bits per heavy atom. The summed E-state index contributed by atoms with van der Waals surface area (Å²) in [5.41, 5.74) is 4.19. The molecule has 1 saturated heterocycles. The molecule has 4 nitrogen and oxygen atoms in total. The summed E-state index contributed by atoms with van der Waals surface area (Å²) < 4.78 is 5.83. The second-order valence-corrected chi connectivity index (χ2v) is 7.83. The molecule has 144 valence electrons. The van der Waals surface area contributed by atoms with Crippen molar-refractivity contribution in [1.29, 1.82) is 0 Å². The van der Waals surface area contributed by atoms with E-state index in [1.165, 1.54) is 29.5 Å². The van der Waals surface area contributed by atoms with Crippen LogP contribution >= 0.6 is 0 Å². The van der Waals surface area contributed by atoms with Crippen LogP contribution in [0.15, 0.2) is 48.5 Å². The molecule has 2 atom stereocenters. The van der Waals surface area contributed by atoms with E-state index in [4.69, 9.17) is 4.74 Å². The normalized spacial score (nSPS) is 21.4. The van der Waals surface area contributed by atoms with E-state index in [2.05, 4.69) is 46.6 Å². The lowest BCUT2D eigenvalue weighted by molar-refractivity contribution is 0.0638. The summed E-state index contributed by atoms with van der Waals surface area (Å²) in [4.78, 5) is 2.32. The quantitative estimate of drug-likeness (QED) is 0.825. The number of fused-ring (bicyclic) bond motifs is 1. The fourth-order valence-electron chi connectivity index (χ4n) is 4.23. The Morgan fingerprint density at radius 1 is 1.11 bits per heavy atom. The van der Waals surface area contributed by atoms with Crippen molar-refractivity contribution in [3.8, 4) is 5.75 Å². The van der Waals surface area contributed by atoms with Crippen LogP contribution in [0.25, 0.3) is 0 Å².